The molecule has 0 aromatic carbocycles. The zero-order valence-electron chi connectivity index (χ0n) is 15.3. The third-order valence-electron chi connectivity index (χ3n) is 5.21. The summed E-state index contributed by atoms with van der Waals surface area (Å²) in [4.78, 5) is 28.8. The van der Waals surface area contributed by atoms with Crippen molar-refractivity contribution in [2.24, 2.45) is 14.1 Å². The molecular formula is C17H27N5O4. The van der Waals surface area contributed by atoms with Crippen LogP contribution in [0.2, 0.25) is 0 Å². The monoisotopic (exact) mass is 365 g/mol. The van der Waals surface area contributed by atoms with Gasteiger partial charge in [0, 0.05) is 26.7 Å². The molecule has 3 N–H and O–H groups in total. The normalized spacial score (nSPS) is 17.1. The Kier molecular flexibility index (Phi) is 5.59. The lowest BCUT2D eigenvalue weighted by Crippen LogP contribution is -2.40. The molecule has 0 amide bonds. The van der Waals surface area contributed by atoms with E-state index < -0.39 is 17.4 Å². The molecule has 3 rings (SSSR count). The number of hydrogen-bond acceptors (Lipinski definition) is 6. The molecule has 1 saturated carbocycles. The van der Waals surface area contributed by atoms with Crippen LogP contribution in [0.5, 0.6) is 0 Å². The van der Waals surface area contributed by atoms with E-state index in [1.165, 1.54) is 42.5 Å². The highest BCUT2D eigenvalue weighted by Gasteiger charge is 2.21. The van der Waals surface area contributed by atoms with Gasteiger partial charge >= 0.3 is 5.69 Å². The van der Waals surface area contributed by atoms with E-state index >= 15 is 0 Å². The molecule has 0 unspecified atom stereocenters. The van der Waals surface area contributed by atoms with Crippen molar-refractivity contribution in [2.45, 2.75) is 57.4 Å². The maximum Gasteiger partial charge on any atom is 0.332 e. The quantitative estimate of drug-likeness (QED) is 0.618. The predicted octanol–water partition coefficient (Wildman–Crippen LogP) is -0.791. The first-order valence-corrected chi connectivity index (χ1v) is 9.11. The van der Waals surface area contributed by atoms with Crippen molar-refractivity contribution >= 4 is 11.2 Å². The van der Waals surface area contributed by atoms with Gasteiger partial charge in [0.15, 0.2) is 11.2 Å². The minimum atomic E-state index is -0.735. The Hall–Kier alpha value is -1.97. The Bertz CT molecular complexity index is 891. The van der Waals surface area contributed by atoms with Crippen molar-refractivity contribution in [3.05, 3.63) is 26.7 Å². The van der Waals surface area contributed by atoms with Crippen molar-refractivity contribution in [3.63, 3.8) is 0 Å². The van der Waals surface area contributed by atoms with Crippen LogP contribution in [0.15, 0.2) is 9.59 Å². The van der Waals surface area contributed by atoms with Gasteiger partial charge in [-0.05, 0) is 12.8 Å². The number of aromatic nitrogens is 4. The highest BCUT2D eigenvalue weighted by atomic mass is 16.3. The number of nitrogens with zero attached hydrogens (tertiary/aromatic N) is 4. The Morgan fingerprint density at radius 1 is 1.19 bits per heavy atom. The van der Waals surface area contributed by atoms with Gasteiger partial charge < -0.3 is 20.1 Å². The number of nitrogens with one attached hydrogen (secondary N) is 1. The van der Waals surface area contributed by atoms with Crippen LogP contribution in [0.3, 0.4) is 0 Å². The molecule has 0 aliphatic heterocycles. The first kappa shape index (κ1) is 18.8. The van der Waals surface area contributed by atoms with Gasteiger partial charge in [-0.15, -0.1) is 0 Å². The van der Waals surface area contributed by atoms with Crippen molar-refractivity contribution in [2.75, 3.05) is 6.54 Å². The first-order chi connectivity index (χ1) is 12.4. The summed E-state index contributed by atoms with van der Waals surface area (Å²) in [6.45, 7) is 0.148. The van der Waals surface area contributed by atoms with Gasteiger partial charge in [-0.3, -0.25) is 13.9 Å². The fourth-order valence-electron chi connectivity index (χ4n) is 3.69. The van der Waals surface area contributed by atoms with Crippen molar-refractivity contribution in [1.82, 2.24) is 24.0 Å². The van der Waals surface area contributed by atoms with E-state index in [9.17, 15) is 19.8 Å². The summed E-state index contributed by atoms with van der Waals surface area (Å²) in [6.07, 6.45) is 5.18. The lowest BCUT2D eigenvalue weighted by molar-refractivity contribution is 0.141. The van der Waals surface area contributed by atoms with Gasteiger partial charge in [-0.2, -0.15) is 0 Å². The van der Waals surface area contributed by atoms with Crippen LogP contribution < -0.4 is 16.6 Å². The maximum absolute atomic E-state index is 12.5. The maximum atomic E-state index is 12.5. The summed E-state index contributed by atoms with van der Waals surface area (Å²) < 4.78 is 3.80. The second kappa shape index (κ2) is 7.73. The fraction of sp³-hybridized carbons (Fsp3) is 0.706. The Balaban J connectivity index is 1.86. The van der Waals surface area contributed by atoms with Crippen LogP contribution in [-0.4, -0.2) is 47.6 Å². The molecule has 1 aliphatic rings. The standard InChI is InChI=1S/C17H27N5O4/c1-20-15-14(16(25)21(2)17(20)26)22(13(10-23)19-15)9-12(24)8-18-11-6-4-3-5-7-11/h11-12,18,23-24H,3-10H2,1-2H3/t12-/m0/s1. The van der Waals surface area contributed by atoms with Crippen LogP contribution in [0.1, 0.15) is 37.9 Å². The fourth-order valence-corrected chi connectivity index (χ4v) is 3.69. The smallest absolute Gasteiger partial charge is 0.332 e. The average Bonchev–Trinajstić information content (AvgIpc) is 3.02. The molecule has 1 fully saturated rings. The number of fused-ring (bicyclic) bond motifs is 1. The summed E-state index contributed by atoms with van der Waals surface area (Å²) in [6, 6.07) is 0.420. The third-order valence-corrected chi connectivity index (χ3v) is 5.21. The SMILES string of the molecule is Cn1c(=O)c2c(nc(CO)n2C[C@@H](O)CNC2CCCCC2)n(C)c1=O. The van der Waals surface area contributed by atoms with Gasteiger partial charge in [0.25, 0.3) is 5.56 Å². The highest BCUT2D eigenvalue weighted by Crippen LogP contribution is 2.17. The van der Waals surface area contributed by atoms with Crippen LogP contribution in [-0.2, 0) is 27.2 Å². The van der Waals surface area contributed by atoms with E-state index in [1.807, 2.05) is 0 Å². The number of rotatable bonds is 6. The second-order valence-corrected chi connectivity index (χ2v) is 7.07. The Morgan fingerprint density at radius 3 is 2.54 bits per heavy atom. The molecule has 144 valence electrons. The van der Waals surface area contributed by atoms with E-state index in [1.54, 1.807) is 0 Å². The number of aliphatic hydroxyl groups excluding tert-OH is 2. The molecule has 2 aromatic rings. The molecule has 9 nitrogen and oxygen atoms in total. The highest BCUT2D eigenvalue weighted by molar-refractivity contribution is 5.71. The largest absolute Gasteiger partial charge is 0.390 e. The molecule has 2 heterocycles. The van der Waals surface area contributed by atoms with E-state index in [0.717, 1.165) is 17.4 Å². The number of imidazole rings is 1. The van der Waals surface area contributed by atoms with Gasteiger partial charge in [-0.25, -0.2) is 9.78 Å². The summed E-state index contributed by atoms with van der Waals surface area (Å²) in [5.41, 5.74) is -0.524. The van der Waals surface area contributed by atoms with Crippen LogP contribution in [0, 0.1) is 0 Å². The molecule has 9 heteroatoms. The zero-order chi connectivity index (χ0) is 18.8. The van der Waals surface area contributed by atoms with E-state index in [-0.39, 0.29) is 30.1 Å². The Morgan fingerprint density at radius 2 is 1.88 bits per heavy atom. The molecule has 0 bridgehead atoms. The van der Waals surface area contributed by atoms with Gasteiger partial charge in [0.1, 0.15) is 12.4 Å². The van der Waals surface area contributed by atoms with E-state index in [0.29, 0.717) is 12.6 Å². The number of hydrogen-bond donors (Lipinski definition) is 3. The lowest BCUT2D eigenvalue weighted by Gasteiger charge is -2.24. The van der Waals surface area contributed by atoms with Gasteiger partial charge in [-0.1, -0.05) is 19.3 Å². The summed E-state index contributed by atoms with van der Waals surface area (Å²) in [5.74, 6) is 0.259. The predicted molar refractivity (Wildman–Crippen MR) is 97.0 cm³/mol. The average molecular weight is 365 g/mol. The van der Waals surface area contributed by atoms with Crippen LogP contribution in [0.4, 0.5) is 0 Å². The van der Waals surface area contributed by atoms with Crippen molar-refractivity contribution in [3.8, 4) is 0 Å². The number of aryl methyl sites for hydroxylation is 1. The van der Waals surface area contributed by atoms with Crippen molar-refractivity contribution < 1.29 is 10.2 Å². The lowest BCUT2D eigenvalue weighted by atomic mass is 9.95. The zero-order valence-corrected chi connectivity index (χ0v) is 15.3. The molecule has 0 spiro atoms. The second-order valence-electron chi connectivity index (χ2n) is 7.07. The summed E-state index contributed by atoms with van der Waals surface area (Å²) in [5, 5.41) is 23.4. The van der Waals surface area contributed by atoms with Crippen molar-refractivity contribution in [1.29, 1.82) is 0 Å². The van der Waals surface area contributed by atoms with E-state index in [4.69, 9.17) is 0 Å². The molecule has 2 aromatic heterocycles. The molecule has 0 radical (unpaired) electrons. The molecule has 26 heavy (non-hydrogen) atoms. The molecule has 1 atom stereocenters. The summed E-state index contributed by atoms with van der Waals surface area (Å²) >= 11 is 0. The Labute approximate surface area is 150 Å². The van der Waals surface area contributed by atoms with E-state index in [2.05, 4.69) is 10.3 Å². The minimum Gasteiger partial charge on any atom is -0.390 e. The van der Waals surface area contributed by atoms with Gasteiger partial charge in [0.05, 0.1) is 12.6 Å². The topological polar surface area (TPSA) is 114 Å². The summed E-state index contributed by atoms with van der Waals surface area (Å²) in [7, 11) is 2.94. The minimum absolute atomic E-state index is 0.125. The number of aliphatic hydroxyl groups is 2. The van der Waals surface area contributed by atoms with Gasteiger partial charge in [0.2, 0.25) is 0 Å². The molecular weight excluding hydrogens is 338 g/mol. The van der Waals surface area contributed by atoms with Crippen LogP contribution >= 0.6 is 0 Å². The van der Waals surface area contributed by atoms with Crippen LogP contribution in [0.25, 0.3) is 11.2 Å². The molecule has 0 saturated heterocycles. The third kappa shape index (κ3) is 3.46. The first-order valence-electron chi connectivity index (χ1n) is 9.11. The molecule has 1 aliphatic carbocycles.